The van der Waals surface area contributed by atoms with Crippen molar-refractivity contribution in [1.82, 2.24) is 4.90 Å². The Morgan fingerprint density at radius 2 is 2.22 bits per heavy atom. The first kappa shape index (κ1) is 13.4. The van der Waals surface area contributed by atoms with Gasteiger partial charge < -0.3 is 4.90 Å². The van der Waals surface area contributed by atoms with Gasteiger partial charge in [0.05, 0.1) is 22.5 Å². The molecule has 1 aliphatic rings. The highest BCUT2D eigenvalue weighted by molar-refractivity contribution is 6.42. The van der Waals surface area contributed by atoms with Crippen molar-refractivity contribution in [2.45, 2.75) is 13.0 Å². The van der Waals surface area contributed by atoms with Crippen molar-refractivity contribution >= 4 is 35.3 Å². The largest absolute Gasteiger partial charge is 0.341 e. The van der Waals surface area contributed by atoms with Crippen LogP contribution in [0.2, 0.25) is 10.0 Å². The zero-order chi connectivity index (χ0) is 13.1. The summed E-state index contributed by atoms with van der Waals surface area (Å²) in [4.78, 5) is 17.9. The lowest BCUT2D eigenvalue weighted by Gasteiger charge is -2.20. The van der Waals surface area contributed by atoms with E-state index < -0.39 is 0 Å². The standard InChI is InChI=1S/C13H14Cl2N2O/c1-17(13(18)10-4-5-16-7-10)8-9-2-3-11(14)12(15)6-9/h2-3,5-6,10H,4,7-8H2,1H3. The minimum absolute atomic E-state index is 0.00206. The van der Waals surface area contributed by atoms with Crippen molar-refractivity contribution in [3.05, 3.63) is 33.8 Å². The van der Waals surface area contributed by atoms with Crippen LogP contribution in [0.3, 0.4) is 0 Å². The van der Waals surface area contributed by atoms with E-state index in [4.69, 9.17) is 23.2 Å². The molecule has 0 fully saturated rings. The lowest BCUT2D eigenvalue weighted by molar-refractivity contribution is -0.133. The molecule has 0 saturated carbocycles. The number of aliphatic imine (C=N–C) groups is 1. The Hall–Kier alpha value is -1.06. The minimum atomic E-state index is -0.00206. The second-order valence-corrected chi connectivity index (χ2v) is 5.24. The van der Waals surface area contributed by atoms with Crippen LogP contribution in [0.5, 0.6) is 0 Å². The van der Waals surface area contributed by atoms with Crippen molar-refractivity contribution in [2.24, 2.45) is 10.9 Å². The topological polar surface area (TPSA) is 32.7 Å². The molecule has 1 aliphatic heterocycles. The van der Waals surface area contributed by atoms with E-state index in [9.17, 15) is 4.79 Å². The predicted octanol–water partition coefficient (Wildman–Crippen LogP) is 3.04. The number of benzene rings is 1. The summed E-state index contributed by atoms with van der Waals surface area (Å²) in [6.45, 7) is 1.14. The number of rotatable bonds is 3. The molecule has 1 aromatic rings. The first-order valence-corrected chi connectivity index (χ1v) is 6.50. The van der Waals surface area contributed by atoms with Gasteiger partial charge in [0.25, 0.3) is 0 Å². The average Bonchev–Trinajstić information content (AvgIpc) is 2.86. The van der Waals surface area contributed by atoms with Crippen LogP contribution in [0.25, 0.3) is 0 Å². The fraction of sp³-hybridized carbons (Fsp3) is 0.385. The number of halogens is 2. The molecule has 0 spiro atoms. The summed E-state index contributed by atoms with van der Waals surface area (Å²) < 4.78 is 0. The first-order valence-electron chi connectivity index (χ1n) is 5.75. The molecule has 0 radical (unpaired) electrons. The predicted molar refractivity (Wildman–Crippen MR) is 74.4 cm³/mol. The summed E-state index contributed by atoms with van der Waals surface area (Å²) in [7, 11) is 1.79. The molecule has 2 rings (SSSR count). The lowest BCUT2D eigenvalue weighted by Crippen LogP contribution is -2.32. The van der Waals surface area contributed by atoms with Gasteiger partial charge in [-0.1, -0.05) is 29.3 Å². The smallest absolute Gasteiger partial charge is 0.227 e. The van der Waals surface area contributed by atoms with Crippen LogP contribution in [0.1, 0.15) is 12.0 Å². The number of nitrogens with zero attached hydrogens (tertiary/aromatic N) is 2. The maximum atomic E-state index is 12.1. The molecule has 0 saturated heterocycles. The Labute approximate surface area is 116 Å². The molecular formula is C13H14Cl2N2O. The maximum absolute atomic E-state index is 12.1. The molecule has 1 atom stereocenters. The van der Waals surface area contributed by atoms with Gasteiger partial charge in [-0.25, -0.2) is 0 Å². The van der Waals surface area contributed by atoms with Gasteiger partial charge in [-0.15, -0.1) is 0 Å². The molecule has 3 nitrogen and oxygen atoms in total. The first-order chi connectivity index (χ1) is 8.58. The summed E-state index contributed by atoms with van der Waals surface area (Å²) >= 11 is 11.8. The fourth-order valence-electron chi connectivity index (χ4n) is 1.96. The van der Waals surface area contributed by atoms with E-state index in [-0.39, 0.29) is 11.8 Å². The molecule has 0 aliphatic carbocycles. The van der Waals surface area contributed by atoms with E-state index in [1.54, 1.807) is 24.1 Å². The molecule has 1 unspecified atom stereocenters. The van der Waals surface area contributed by atoms with Crippen molar-refractivity contribution < 1.29 is 4.79 Å². The van der Waals surface area contributed by atoms with Crippen LogP contribution in [0.4, 0.5) is 0 Å². The van der Waals surface area contributed by atoms with Gasteiger partial charge in [-0.2, -0.15) is 0 Å². The summed E-state index contributed by atoms with van der Waals surface area (Å²) in [5.41, 5.74) is 0.971. The summed E-state index contributed by atoms with van der Waals surface area (Å²) in [6, 6.07) is 5.41. The van der Waals surface area contributed by atoms with Crippen molar-refractivity contribution in [3.8, 4) is 0 Å². The van der Waals surface area contributed by atoms with E-state index in [1.165, 1.54) is 0 Å². The SMILES string of the molecule is CN(Cc1ccc(Cl)c(Cl)c1)C(=O)C1CC=NC1. The third-order valence-electron chi connectivity index (χ3n) is 2.97. The van der Waals surface area contributed by atoms with Crippen molar-refractivity contribution in [1.29, 1.82) is 0 Å². The third-order valence-corrected chi connectivity index (χ3v) is 3.71. The van der Waals surface area contributed by atoms with Crippen LogP contribution < -0.4 is 0 Å². The molecule has 1 aromatic carbocycles. The molecule has 1 heterocycles. The van der Waals surface area contributed by atoms with Gasteiger partial charge in [0, 0.05) is 13.6 Å². The molecule has 5 heteroatoms. The van der Waals surface area contributed by atoms with Crippen LogP contribution in [0.15, 0.2) is 23.2 Å². The normalized spacial score (nSPS) is 18.1. The summed E-state index contributed by atoms with van der Waals surface area (Å²) in [6.07, 6.45) is 2.56. The number of amides is 1. The van der Waals surface area contributed by atoms with E-state index in [0.717, 1.165) is 12.0 Å². The van der Waals surface area contributed by atoms with Gasteiger partial charge >= 0.3 is 0 Å². The van der Waals surface area contributed by atoms with Crippen LogP contribution in [-0.4, -0.2) is 30.6 Å². The molecule has 1 amide bonds. The highest BCUT2D eigenvalue weighted by Gasteiger charge is 2.23. The van der Waals surface area contributed by atoms with Crippen molar-refractivity contribution in [3.63, 3.8) is 0 Å². The van der Waals surface area contributed by atoms with Gasteiger partial charge in [0.2, 0.25) is 5.91 Å². The van der Waals surface area contributed by atoms with Gasteiger partial charge in [0.15, 0.2) is 0 Å². The summed E-state index contributed by atoms with van der Waals surface area (Å²) in [5, 5.41) is 1.04. The third kappa shape index (κ3) is 3.03. The summed E-state index contributed by atoms with van der Waals surface area (Å²) in [5.74, 6) is 0.122. The van der Waals surface area contributed by atoms with Gasteiger partial charge in [-0.3, -0.25) is 9.79 Å². The van der Waals surface area contributed by atoms with Crippen LogP contribution in [-0.2, 0) is 11.3 Å². The molecule has 0 bridgehead atoms. The highest BCUT2D eigenvalue weighted by atomic mass is 35.5. The van der Waals surface area contributed by atoms with Crippen LogP contribution >= 0.6 is 23.2 Å². The van der Waals surface area contributed by atoms with Gasteiger partial charge in [-0.05, 0) is 30.3 Å². The Bertz CT molecular complexity index is 480. The molecule has 18 heavy (non-hydrogen) atoms. The van der Waals surface area contributed by atoms with Crippen molar-refractivity contribution in [2.75, 3.05) is 13.6 Å². The van der Waals surface area contributed by atoms with Crippen LogP contribution in [0, 0.1) is 5.92 Å². The number of hydrogen-bond donors (Lipinski definition) is 0. The molecule has 0 N–H and O–H groups in total. The number of carbonyl (C=O) groups excluding carboxylic acids is 1. The Morgan fingerprint density at radius 1 is 1.44 bits per heavy atom. The van der Waals surface area contributed by atoms with E-state index in [1.807, 2.05) is 12.3 Å². The zero-order valence-corrected chi connectivity index (χ0v) is 11.6. The lowest BCUT2D eigenvalue weighted by atomic mass is 10.1. The van der Waals surface area contributed by atoms with Gasteiger partial charge in [0.1, 0.15) is 0 Å². The maximum Gasteiger partial charge on any atom is 0.227 e. The second kappa shape index (κ2) is 5.72. The molecular weight excluding hydrogens is 271 g/mol. The second-order valence-electron chi connectivity index (χ2n) is 4.42. The fourth-order valence-corrected chi connectivity index (χ4v) is 2.28. The monoisotopic (exact) mass is 284 g/mol. The zero-order valence-electron chi connectivity index (χ0n) is 10.1. The number of carbonyl (C=O) groups is 1. The Morgan fingerprint density at radius 3 is 2.83 bits per heavy atom. The highest BCUT2D eigenvalue weighted by Crippen LogP contribution is 2.23. The van der Waals surface area contributed by atoms with E-state index in [2.05, 4.69) is 4.99 Å². The molecule has 0 aromatic heterocycles. The quantitative estimate of drug-likeness (QED) is 0.840. The Balaban J connectivity index is 1.99. The average molecular weight is 285 g/mol. The molecule has 96 valence electrons. The number of hydrogen-bond acceptors (Lipinski definition) is 2. The van der Waals surface area contributed by atoms with E-state index in [0.29, 0.717) is 23.1 Å². The minimum Gasteiger partial charge on any atom is -0.341 e. The Kier molecular flexibility index (Phi) is 4.25. The van der Waals surface area contributed by atoms with E-state index >= 15 is 0 Å².